The van der Waals surface area contributed by atoms with Crippen molar-refractivity contribution in [3.8, 4) is 55.6 Å². The molecule has 0 aromatic heterocycles. The molecule has 10 aromatic rings. The highest BCUT2D eigenvalue weighted by Gasteiger charge is 2.22. The minimum absolute atomic E-state index is 1.10. The van der Waals surface area contributed by atoms with Crippen LogP contribution in [0.1, 0.15) is 0 Å². The predicted molar refractivity (Wildman–Crippen MR) is 243 cm³/mol. The van der Waals surface area contributed by atoms with Gasteiger partial charge in [-0.15, -0.1) is 0 Å². The molecule has 0 aliphatic heterocycles. The van der Waals surface area contributed by atoms with Crippen molar-refractivity contribution in [2.75, 3.05) is 4.90 Å². The van der Waals surface area contributed by atoms with Crippen LogP contribution in [0.2, 0.25) is 0 Å². The molecule has 0 unspecified atom stereocenters. The second-order valence-corrected chi connectivity index (χ2v) is 14.5. The van der Waals surface area contributed by atoms with Crippen LogP contribution in [-0.4, -0.2) is 0 Å². The molecular weight excluding hydrogens is 687 g/mol. The first-order valence-corrected chi connectivity index (χ1v) is 19.6. The van der Waals surface area contributed by atoms with Gasteiger partial charge < -0.3 is 4.90 Å². The third kappa shape index (κ3) is 6.46. The summed E-state index contributed by atoms with van der Waals surface area (Å²) in [6, 6.07) is 85.7. The van der Waals surface area contributed by atoms with Gasteiger partial charge in [-0.1, -0.05) is 212 Å². The molecule has 0 aliphatic carbocycles. The van der Waals surface area contributed by atoms with E-state index in [1.807, 2.05) is 0 Å². The zero-order valence-electron chi connectivity index (χ0n) is 31.5. The Labute approximate surface area is 334 Å². The van der Waals surface area contributed by atoms with Crippen molar-refractivity contribution in [2.45, 2.75) is 0 Å². The molecule has 0 atom stereocenters. The Kier molecular flexibility index (Phi) is 8.95. The van der Waals surface area contributed by atoms with Gasteiger partial charge in [0.15, 0.2) is 0 Å². The number of nitrogens with zero attached hydrogens (tertiary/aromatic N) is 1. The average molecular weight is 726 g/mol. The normalized spacial score (nSPS) is 11.2. The Hall–Kier alpha value is -7.48. The van der Waals surface area contributed by atoms with Crippen molar-refractivity contribution in [3.05, 3.63) is 237 Å². The molecule has 57 heavy (non-hydrogen) atoms. The fourth-order valence-corrected chi connectivity index (χ4v) is 8.39. The van der Waals surface area contributed by atoms with Crippen LogP contribution in [0.4, 0.5) is 17.1 Å². The average Bonchev–Trinajstić information content (AvgIpc) is 3.30. The van der Waals surface area contributed by atoms with Gasteiger partial charge in [0.2, 0.25) is 0 Å². The summed E-state index contributed by atoms with van der Waals surface area (Å²) in [6.07, 6.45) is 0. The first-order valence-electron chi connectivity index (χ1n) is 19.6. The van der Waals surface area contributed by atoms with E-state index in [0.29, 0.717) is 0 Å². The van der Waals surface area contributed by atoms with Crippen LogP contribution in [0.5, 0.6) is 0 Å². The number of fused-ring (bicyclic) bond motifs is 2. The van der Waals surface area contributed by atoms with E-state index in [1.165, 1.54) is 71.6 Å². The van der Waals surface area contributed by atoms with Gasteiger partial charge in [0.25, 0.3) is 0 Å². The summed E-state index contributed by atoms with van der Waals surface area (Å²) in [5, 5.41) is 4.88. The second-order valence-electron chi connectivity index (χ2n) is 14.5. The van der Waals surface area contributed by atoms with Crippen LogP contribution >= 0.6 is 0 Å². The highest BCUT2D eigenvalue weighted by Crippen LogP contribution is 2.47. The van der Waals surface area contributed by atoms with Crippen molar-refractivity contribution < 1.29 is 0 Å². The summed E-state index contributed by atoms with van der Waals surface area (Å²) in [5.41, 5.74) is 15.3. The molecule has 268 valence electrons. The van der Waals surface area contributed by atoms with Crippen LogP contribution in [0.25, 0.3) is 77.2 Å². The molecule has 0 bridgehead atoms. The van der Waals surface area contributed by atoms with Crippen LogP contribution in [0.15, 0.2) is 237 Å². The van der Waals surface area contributed by atoms with Gasteiger partial charge in [-0.3, -0.25) is 0 Å². The van der Waals surface area contributed by atoms with Crippen molar-refractivity contribution >= 4 is 38.6 Å². The Morgan fingerprint density at radius 1 is 0.228 bits per heavy atom. The summed E-state index contributed by atoms with van der Waals surface area (Å²) in [6.45, 7) is 0. The SMILES string of the molecule is c1ccc(-c2ccc(-c3ccccc3-c3ccccc3-c3ccccc3N(c3cccc(-c4cccc5ccccc45)c3)c3cccc4ccccc34)cc2)cc1. The van der Waals surface area contributed by atoms with Gasteiger partial charge >= 0.3 is 0 Å². The van der Waals surface area contributed by atoms with E-state index in [1.54, 1.807) is 0 Å². The summed E-state index contributed by atoms with van der Waals surface area (Å²) in [5.74, 6) is 0. The molecule has 10 aromatic carbocycles. The van der Waals surface area contributed by atoms with E-state index < -0.39 is 0 Å². The van der Waals surface area contributed by atoms with Crippen molar-refractivity contribution in [2.24, 2.45) is 0 Å². The first kappa shape index (κ1) is 34.0. The predicted octanol–water partition coefficient (Wildman–Crippen LogP) is 15.8. The maximum Gasteiger partial charge on any atom is 0.0540 e. The monoisotopic (exact) mass is 725 g/mol. The lowest BCUT2D eigenvalue weighted by atomic mass is 9.88. The molecule has 0 heterocycles. The molecule has 0 aliphatic rings. The minimum Gasteiger partial charge on any atom is -0.309 e. The Balaban J connectivity index is 1.15. The number of anilines is 3. The van der Waals surface area contributed by atoms with Gasteiger partial charge in [0, 0.05) is 16.6 Å². The maximum absolute atomic E-state index is 2.46. The molecule has 10 rings (SSSR count). The third-order valence-corrected chi connectivity index (χ3v) is 11.1. The molecular formula is C56H39N. The number of rotatable bonds is 8. The summed E-state index contributed by atoms with van der Waals surface area (Å²) >= 11 is 0. The molecule has 0 N–H and O–H groups in total. The maximum atomic E-state index is 2.46. The van der Waals surface area contributed by atoms with E-state index >= 15 is 0 Å². The van der Waals surface area contributed by atoms with E-state index in [4.69, 9.17) is 0 Å². The zero-order valence-corrected chi connectivity index (χ0v) is 31.5. The largest absolute Gasteiger partial charge is 0.309 e. The second kappa shape index (κ2) is 15.0. The third-order valence-electron chi connectivity index (χ3n) is 11.1. The fourth-order valence-electron chi connectivity index (χ4n) is 8.39. The Morgan fingerprint density at radius 3 is 1.42 bits per heavy atom. The van der Waals surface area contributed by atoms with E-state index in [-0.39, 0.29) is 0 Å². The molecule has 0 saturated heterocycles. The minimum atomic E-state index is 1.10. The molecule has 0 radical (unpaired) electrons. The number of hydrogen-bond donors (Lipinski definition) is 0. The molecule has 0 amide bonds. The van der Waals surface area contributed by atoms with E-state index in [2.05, 4.69) is 241 Å². The fraction of sp³-hybridized carbons (Fsp3) is 0. The molecule has 0 spiro atoms. The Morgan fingerprint density at radius 2 is 0.667 bits per heavy atom. The molecule has 0 fully saturated rings. The highest BCUT2D eigenvalue weighted by atomic mass is 15.1. The lowest BCUT2D eigenvalue weighted by molar-refractivity contribution is 1.30. The number of benzene rings is 10. The van der Waals surface area contributed by atoms with Crippen LogP contribution < -0.4 is 4.90 Å². The van der Waals surface area contributed by atoms with Gasteiger partial charge in [0.1, 0.15) is 0 Å². The van der Waals surface area contributed by atoms with Gasteiger partial charge in [0.05, 0.1) is 11.4 Å². The quantitative estimate of drug-likeness (QED) is 0.151. The highest BCUT2D eigenvalue weighted by molar-refractivity contribution is 6.04. The summed E-state index contributed by atoms with van der Waals surface area (Å²) in [7, 11) is 0. The summed E-state index contributed by atoms with van der Waals surface area (Å²) < 4.78 is 0. The lowest BCUT2D eigenvalue weighted by Gasteiger charge is -2.30. The summed E-state index contributed by atoms with van der Waals surface area (Å²) in [4.78, 5) is 2.46. The van der Waals surface area contributed by atoms with Crippen molar-refractivity contribution in [3.63, 3.8) is 0 Å². The van der Waals surface area contributed by atoms with Crippen LogP contribution in [0, 0.1) is 0 Å². The first-order chi connectivity index (χ1) is 28.3. The molecule has 1 nitrogen and oxygen atoms in total. The van der Waals surface area contributed by atoms with Gasteiger partial charge in [-0.2, -0.15) is 0 Å². The van der Waals surface area contributed by atoms with E-state index in [0.717, 1.165) is 22.6 Å². The molecule has 0 saturated carbocycles. The van der Waals surface area contributed by atoms with Crippen LogP contribution in [0.3, 0.4) is 0 Å². The smallest absolute Gasteiger partial charge is 0.0540 e. The number of para-hydroxylation sites is 1. The van der Waals surface area contributed by atoms with Crippen LogP contribution in [-0.2, 0) is 0 Å². The van der Waals surface area contributed by atoms with Gasteiger partial charge in [-0.25, -0.2) is 0 Å². The molecule has 1 heteroatoms. The number of hydrogen-bond acceptors (Lipinski definition) is 1. The standard InChI is InChI=1S/C56H39N/c1-2-17-40(18-3-1)41-35-37-44(38-36-41)48-26-8-9-28-51(48)52-29-10-11-30-53(52)54-31-12-13-33-56(54)57(55-34-16-22-43-20-5-7-27-50(43)55)46-24-14-23-45(39-46)49-32-15-21-42-19-4-6-25-47(42)49/h1-39H. The van der Waals surface area contributed by atoms with E-state index in [9.17, 15) is 0 Å². The topological polar surface area (TPSA) is 3.24 Å². The Bertz CT molecular complexity index is 3000. The zero-order chi connectivity index (χ0) is 38.0. The lowest BCUT2D eigenvalue weighted by Crippen LogP contribution is -2.12. The van der Waals surface area contributed by atoms with Gasteiger partial charge in [-0.05, 0) is 90.5 Å². The van der Waals surface area contributed by atoms with Crippen molar-refractivity contribution in [1.29, 1.82) is 0 Å². The van der Waals surface area contributed by atoms with Crippen molar-refractivity contribution in [1.82, 2.24) is 0 Å².